The molecule has 4 rings (SSSR count). The van der Waals surface area contributed by atoms with Crippen molar-refractivity contribution in [3.05, 3.63) is 64.3 Å². The largest absolute Gasteiger partial charge is 0.508 e. The minimum Gasteiger partial charge on any atom is -0.508 e. The number of phenols is 1. The van der Waals surface area contributed by atoms with E-state index in [4.69, 9.17) is 11.6 Å². The molecule has 29 heavy (non-hydrogen) atoms. The number of aromatic nitrogens is 1. The van der Waals surface area contributed by atoms with E-state index in [-0.39, 0.29) is 17.6 Å². The highest BCUT2D eigenvalue weighted by molar-refractivity contribution is 6.30. The van der Waals surface area contributed by atoms with Crippen molar-refractivity contribution in [1.82, 2.24) is 4.57 Å². The standard InChI is InChI=1S/C23H22ClNO4/c1-13-20(21(23(28)29)14-4-2-3-5-14)18-12-17(26)10-11-19(18)25(13)22(27)15-6-8-16(24)9-7-15/h6-12,14,21,26H,2-5H2,1H3,(H,28,29). The molecule has 2 aromatic carbocycles. The van der Waals surface area contributed by atoms with E-state index in [1.165, 1.54) is 6.07 Å². The zero-order valence-electron chi connectivity index (χ0n) is 16.1. The number of hydrogen-bond acceptors (Lipinski definition) is 3. The molecule has 3 aromatic rings. The lowest BCUT2D eigenvalue weighted by atomic mass is 9.83. The molecule has 0 bridgehead atoms. The van der Waals surface area contributed by atoms with Crippen LogP contribution < -0.4 is 0 Å². The molecule has 1 fully saturated rings. The fourth-order valence-electron chi connectivity index (χ4n) is 4.66. The van der Waals surface area contributed by atoms with Gasteiger partial charge in [-0.05, 0) is 73.7 Å². The Morgan fingerprint density at radius 1 is 1.10 bits per heavy atom. The van der Waals surface area contributed by atoms with Crippen molar-refractivity contribution in [1.29, 1.82) is 0 Å². The summed E-state index contributed by atoms with van der Waals surface area (Å²) < 4.78 is 1.55. The molecule has 1 atom stereocenters. The number of phenolic OH excluding ortho intramolecular Hbond substituents is 1. The zero-order chi connectivity index (χ0) is 20.7. The lowest BCUT2D eigenvalue weighted by Crippen LogP contribution is -2.21. The van der Waals surface area contributed by atoms with Gasteiger partial charge in [0.2, 0.25) is 0 Å². The summed E-state index contributed by atoms with van der Waals surface area (Å²) in [6.07, 6.45) is 3.74. The van der Waals surface area contributed by atoms with Gasteiger partial charge in [-0.2, -0.15) is 0 Å². The van der Waals surface area contributed by atoms with Crippen LogP contribution in [0.5, 0.6) is 5.75 Å². The minimum absolute atomic E-state index is 0.0261. The van der Waals surface area contributed by atoms with E-state index in [0.29, 0.717) is 32.7 Å². The second kappa shape index (κ2) is 7.56. The number of hydrogen-bond donors (Lipinski definition) is 2. The van der Waals surface area contributed by atoms with E-state index in [0.717, 1.165) is 25.7 Å². The third kappa shape index (κ3) is 3.40. The molecular formula is C23H22ClNO4. The van der Waals surface area contributed by atoms with Gasteiger partial charge in [-0.3, -0.25) is 14.2 Å². The molecule has 1 aliphatic rings. The van der Waals surface area contributed by atoms with Crippen LogP contribution in [0.4, 0.5) is 0 Å². The van der Waals surface area contributed by atoms with Gasteiger partial charge in [-0.15, -0.1) is 0 Å². The number of benzene rings is 2. The maximum Gasteiger partial charge on any atom is 0.311 e. The summed E-state index contributed by atoms with van der Waals surface area (Å²) in [4.78, 5) is 25.6. The number of nitrogens with zero attached hydrogens (tertiary/aromatic N) is 1. The van der Waals surface area contributed by atoms with Gasteiger partial charge in [-0.25, -0.2) is 0 Å². The van der Waals surface area contributed by atoms with Crippen LogP contribution in [0.2, 0.25) is 5.02 Å². The maximum absolute atomic E-state index is 13.3. The Kier molecular flexibility index (Phi) is 5.09. The maximum atomic E-state index is 13.3. The molecule has 0 aliphatic heterocycles. The van der Waals surface area contributed by atoms with E-state index < -0.39 is 11.9 Å². The predicted molar refractivity (Wildman–Crippen MR) is 112 cm³/mol. The van der Waals surface area contributed by atoms with Crippen LogP contribution in [0, 0.1) is 12.8 Å². The van der Waals surface area contributed by atoms with Crippen molar-refractivity contribution >= 4 is 34.4 Å². The first-order valence-corrected chi connectivity index (χ1v) is 10.1. The van der Waals surface area contributed by atoms with E-state index in [2.05, 4.69) is 0 Å². The van der Waals surface area contributed by atoms with Crippen LogP contribution >= 0.6 is 11.6 Å². The molecule has 0 radical (unpaired) electrons. The van der Waals surface area contributed by atoms with Gasteiger partial charge < -0.3 is 10.2 Å². The van der Waals surface area contributed by atoms with E-state index in [1.54, 1.807) is 47.9 Å². The molecule has 2 N–H and O–H groups in total. The molecule has 0 saturated heterocycles. The third-order valence-corrected chi connectivity index (χ3v) is 6.23. The first kappa shape index (κ1) is 19.5. The number of rotatable bonds is 4. The van der Waals surface area contributed by atoms with Gasteiger partial charge in [0.1, 0.15) is 5.75 Å². The Bertz CT molecular complexity index is 1090. The van der Waals surface area contributed by atoms with Crippen molar-refractivity contribution in [3.63, 3.8) is 0 Å². The van der Waals surface area contributed by atoms with E-state index >= 15 is 0 Å². The molecule has 150 valence electrons. The molecule has 0 amide bonds. The van der Waals surface area contributed by atoms with Gasteiger partial charge in [-0.1, -0.05) is 24.4 Å². The summed E-state index contributed by atoms with van der Waals surface area (Å²) in [5.74, 6) is -1.78. The van der Waals surface area contributed by atoms with Gasteiger partial charge in [0.25, 0.3) is 5.91 Å². The lowest BCUT2D eigenvalue weighted by Gasteiger charge is -2.20. The summed E-state index contributed by atoms with van der Waals surface area (Å²) in [7, 11) is 0. The Balaban J connectivity index is 1.94. The summed E-state index contributed by atoms with van der Waals surface area (Å²) >= 11 is 5.95. The van der Waals surface area contributed by atoms with Crippen LogP contribution in [0.25, 0.3) is 10.9 Å². The van der Waals surface area contributed by atoms with Crippen molar-refractivity contribution in [3.8, 4) is 5.75 Å². The Morgan fingerprint density at radius 3 is 2.38 bits per heavy atom. The van der Waals surface area contributed by atoms with Gasteiger partial charge in [0, 0.05) is 21.7 Å². The third-order valence-electron chi connectivity index (χ3n) is 5.98. The average Bonchev–Trinajstić information content (AvgIpc) is 3.29. The molecule has 1 aromatic heterocycles. The quantitative estimate of drug-likeness (QED) is 0.606. The molecular weight excluding hydrogens is 390 g/mol. The van der Waals surface area contributed by atoms with Crippen LogP contribution in [0.3, 0.4) is 0 Å². The Hall–Kier alpha value is -2.79. The highest BCUT2D eigenvalue weighted by Crippen LogP contribution is 2.43. The van der Waals surface area contributed by atoms with Crippen molar-refractivity contribution in [2.75, 3.05) is 0 Å². The summed E-state index contributed by atoms with van der Waals surface area (Å²) in [6.45, 7) is 1.78. The highest BCUT2D eigenvalue weighted by atomic mass is 35.5. The summed E-state index contributed by atoms with van der Waals surface area (Å²) in [5, 5.41) is 21.3. The number of carboxylic acids is 1. The zero-order valence-corrected chi connectivity index (χ0v) is 16.8. The van der Waals surface area contributed by atoms with Crippen LogP contribution in [-0.4, -0.2) is 26.7 Å². The van der Waals surface area contributed by atoms with Crippen LogP contribution in [0.15, 0.2) is 42.5 Å². The number of aromatic hydroxyl groups is 1. The predicted octanol–water partition coefficient (Wildman–Crippen LogP) is 5.36. The van der Waals surface area contributed by atoms with Crippen molar-refractivity contribution in [2.24, 2.45) is 5.92 Å². The number of fused-ring (bicyclic) bond motifs is 1. The lowest BCUT2D eigenvalue weighted by molar-refractivity contribution is -0.140. The number of carbonyl (C=O) groups is 2. The van der Waals surface area contributed by atoms with Crippen molar-refractivity contribution < 1.29 is 19.8 Å². The molecule has 1 unspecified atom stereocenters. The normalized spacial score (nSPS) is 15.7. The van der Waals surface area contributed by atoms with E-state index in [1.807, 2.05) is 0 Å². The summed E-state index contributed by atoms with van der Waals surface area (Å²) in [6, 6.07) is 11.4. The first-order chi connectivity index (χ1) is 13.9. The van der Waals surface area contributed by atoms with Crippen molar-refractivity contribution in [2.45, 2.75) is 38.5 Å². The first-order valence-electron chi connectivity index (χ1n) is 9.75. The monoisotopic (exact) mass is 411 g/mol. The molecule has 6 heteroatoms. The fraction of sp³-hybridized carbons (Fsp3) is 0.304. The molecule has 5 nitrogen and oxygen atoms in total. The number of halogens is 1. The fourth-order valence-corrected chi connectivity index (χ4v) is 4.78. The van der Waals surface area contributed by atoms with E-state index in [9.17, 15) is 19.8 Å². The second-order valence-corrected chi connectivity index (χ2v) is 8.14. The average molecular weight is 412 g/mol. The van der Waals surface area contributed by atoms with Gasteiger partial charge >= 0.3 is 5.97 Å². The molecule has 1 saturated carbocycles. The van der Waals surface area contributed by atoms with Crippen LogP contribution in [-0.2, 0) is 4.79 Å². The smallest absolute Gasteiger partial charge is 0.311 e. The topological polar surface area (TPSA) is 79.5 Å². The molecule has 1 heterocycles. The van der Waals surface area contributed by atoms with Gasteiger partial charge in [0.15, 0.2) is 0 Å². The highest BCUT2D eigenvalue weighted by Gasteiger charge is 2.36. The second-order valence-electron chi connectivity index (χ2n) is 7.71. The number of carbonyl (C=O) groups excluding carboxylic acids is 1. The Morgan fingerprint density at radius 2 is 1.76 bits per heavy atom. The molecule has 0 spiro atoms. The Labute approximate surface area is 173 Å². The molecule has 1 aliphatic carbocycles. The van der Waals surface area contributed by atoms with Crippen LogP contribution in [0.1, 0.15) is 53.2 Å². The summed E-state index contributed by atoms with van der Waals surface area (Å²) in [5.41, 5.74) is 2.28. The SMILES string of the molecule is Cc1c(C(C(=O)O)C2CCCC2)c2cc(O)ccc2n1C(=O)c1ccc(Cl)cc1. The number of carboxylic acid groups (broad SMARTS) is 1. The number of aliphatic carboxylic acids is 1. The van der Waals surface area contributed by atoms with Gasteiger partial charge in [0.05, 0.1) is 11.4 Å². The minimum atomic E-state index is -0.888.